The summed E-state index contributed by atoms with van der Waals surface area (Å²) in [7, 11) is 0. The molecule has 1 amide bonds. The van der Waals surface area contributed by atoms with Gasteiger partial charge in [-0.2, -0.15) is 0 Å². The monoisotopic (exact) mass is 377 g/mol. The van der Waals surface area contributed by atoms with E-state index in [1.54, 1.807) is 29.3 Å². The second kappa shape index (κ2) is 7.94. The van der Waals surface area contributed by atoms with E-state index in [4.69, 9.17) is 4.74 Å². The number of H-pyrrole nitrogens is 1. The van der Waals surface area contributed by atoms with Crippen LogP contribution in [0.15, 0.2) is 53.5 Å². The molecule has 1 fully saturated rings. The molecule has 1 saturated heterocycles. The van der Waals surface area contributed by atoms with Gasteiger partial charge in [-0.25, -0.2) is 0 Å². The van der Waals surface area contributed by atoms with Crippen LogP contribution in [0.1, 0.15) is 34.5 Å². The van der Waals surface area contributed by atoms with Crippen molar-refractivity contribution in [2.45, 2.75) is 32.4 Å². The fourth-order valence-electron chi connectivity index (χ4n) is 3.59. The molecule has 0 bridgehead atoms. The van der Waals surface area contributed by atoms with E-state index >= 15 is 0 Å². The number of fused-ring (bicyclic) bond motifs is 1. The van der Waals surface area contributed by atoms with Crippen molar-refractivity contribution >= 4 is 16.8 Å². The summed E-state index contributed by atoms with van der Waals surface area (Å²) < 4.78 is 5.72. The predicted molar refractivity (Wildman–Crippen MR) is 107 cm³/mol. The first-order valence-corrected chi connectivity index (χ1v) is 9.54. The molecule has 0 radical (unpaired) electrons. The van der Waals surface area contributed by atoms with Gasteiger partial charge in [0.2, 0.25) is 0 Å². The zero-order valence-electron chi connectivity index (χ0n) is 15.9. The van der Waals surface area contributed by atoms with Crippen LogP contribution in [-0.2, 0) is 11.3 Å². The van der Waals surface area contributed by atoms with E-state index in [-0.39, 0.29) is 24.1 Å². The molecule has 6 nitrogen and oxygen atoms in total. The molecule has 3 aromatic rings. The quantitative estimate of drug-likeness (QED) is 0.742. The van der Waals surface area contributed by atoms with Gasteiger partial charge in [-0.1, -0.05) is 18.2 Å². The van der Waals surface area contributed by atoms with E-state index in [2.05, 4.69) is 9.97 Å². The summed E-state index contributed by atoms with van der Waals surface area (Å²) in [6.45, 7) is 3.36. The van der Waals surface area contributed by atoms with Crippen molar-refractivity contribution in [2.24, 2.45) is 0 Å². The lowest BCUT2D eigenvalue weighted by Crippen LogP contribution is -2.38. The summed E-state index contributed by atoms with van der Waals surface area (Å²) >= 11 is 0. The SMILES string of the molecule is Cc1ccc2cc(CN(CC3CCCO3)C(=O)c3ccccn3)c(=O)[nH]c2c1. The predicted octanol–water partition coefficient (Wildman–Crippen LogP) is 3.05. The summed E-state index contributed by atoms with van der Waals surface area (Å²) in [5.41, 5.74) is 2.63. The van der Waals surface area contributed by atoms with Crippen molar-refractivity contribution in [3.8, 4) is 0 Å². The second-order valence-electron chi connectivity index (χ2n) is 7.25. The average Bonchev–Trinajstić information content (AvgIpc) is 3.21. The smallest absolute Gasteiger partial charge is 0.272 e. The van der Waals surface area contributed by atoms with Crippen molar-refractivity contribution in [3.05, 3.63) is 75.8 Å². The van der Waals surface area contributed by atoms with E-state index in [1.807, 2.05) is 31.2 Å². The van der Waals surface area contributed by atoms with E-state index < -0.39 is 0 Å². The van der Waals surface area contributed by atoms with Gasteiger partial charge >= 0.3 is 0 Å². The van der Waals surface area contributed by atoms with Crippen molar-refractivity contribution in [1.82, 2.24) is 14.9 Å². The van der Waals surface area contributed by atoms with Gasteiger partial charge < -0.3 is 14.6 Å². The van der Waals surface area contributed by atoms with Crippen LogP contribution < -0.4 is 5.56 Å². The fourth-order valence-corrected chi connectivity index (χ4v) is 3.59. The zero-order chi connectivity index (χ0) is 19.5. The van der Waals surface area contributed by atoms with Crippen LogP contribution in [0.3, 0.4) is 0 Å². The summed E-state index contributed by atoms with van der Waals surface area (Å²) in [5.74, 6) is -0.195. The molecular weight excluding hydrogens is 354 g/mol. The number of benzene rings is 1. The molecule has 1 aliphatic rings. The van der Waals surface area contributed by atoms with Crippen LogP contribution in [0, 0.1) is 6.92 Å². The lowest BCUT2D eigenvalue weighted by atomic mass is 10.1. The molecule has 2 aromatic heterocycles. The number of rotatable bonds is 5. The molecule has 3 heterocycles. The Morgan fingerprint density at radius 1 is 1.29 bits per heavy atom. The zero-order valence-corrected chi connectivity index (χ0v) is 15.9. The Labute approximate surface area is 163 Å². The number of amides is 1. The number of carbonyl (C=O) groups is 1. The minimum atomic E-state index is -0.195. The van der Waals surface area contributed by atoms with Gasteiger partial charge in [-0.15, -0.1) is 0 Å². The van der Waals surface area contributed by atoms with Crippen molar-refractivity contribution in [2.75, 3.05) is 13.2 Å². The molecule has 28 heavy (non-hydrogen) atoms. The van der Waals surface area contributed by atoms with Crippen molar-refractivity contribution in [3.63, 3.8) is 0 Å². The van der Waals surface area contributed by atoms with Crippen LogP contribution in [-0.4, -0.2) is 40.0 Å². The van der Waals surface area contributed by atoms with Gasteiger partial charge in [0.1, 0.15) is 5.69 Å². The number of nitrogens with zero attached hydrogens (tertiary/aromatic N) is 2. The number of aromatic nitrogens is 2. The number of pyridine rings is 2. The lowest BCUT2D eigenvalue weighted by Gasteiger charge is -2.25. The Hall–Kier alpha value is -2.99. The third kappa shape index (κ3) is 3.97. The Morgan fingerprint density at radius 2 is 2.18 bits per heavy atom. The summed E-state index contributed by atoms with van der Waals surface area (Å²) in [6.07, 6.45) is 3.50. The molecule has 144 valence electrons. The standard InChI is InChI=1S/C22H23N3O3/c1-15-7-8-16-12-17(21(26)24-20(16)11-15)13-25(14-18-5-4-10-28-18)22(27)19-6-2-3-9-23-19/h2-3,6-9,11-12,18H,4-5,10,13-14H2,1H3,(H,24,26). The summed E-state index contributed by atoms with van der Waals surface area (Å²) in [6, 6.07) is 13.1. The second-order valence-corrected chi connectivity index (χ2v) is 7.25. The maximum atomic E-state index is 13.1. The molecule has 4 rings (SSSR count). The third-order valence-electron chi connectivity index (χ3n) is 5.06. The highest BCUT2D eigenvalue weighted by Crippen LogP contribution is 2.18. The van der Waals surface area contributed by atoms with E-state index in [0.717, 1.165) is 29.3 Å². The Kier molecular flexibility index (Phi) is 5.21. The number of hydrogen-bond acceptors (Lipinski definition) is 4. The minimum Gasteiger partial charge on any atom is -0.376 e. The number of nitrogens with one attached hydrogen (secondary N) is 1. The van der Waals surface area contributed by atoms with Crippen LogP contribution in [0.5, 0.6) is 0 Å². The van der Waals surface area contributed by atoms with Gasteiger partial charge in [0.15, 0.2) is 0 Å². The first kappa shape index (κ1) is 18.4. The Balaban J connectivity index is 1.65. The summed E-state index contributed by atoms with van der Waals surface area (Å²) in [5, 5.41) is 0.947. The number of aromatic amines is 1. The fraction of sp³-hybridized carbons (Fsp3) is 0.318. The number of aryl methyl sites for hydroxylation is 1. The molecule has 0 saturated carbocycles. The Morgan fingerprint density at radius 3 is 2.93 bits per heavy atom. The molecule has 1 N–H and O–H groups in total. The highest BCUT2D eigenvalue weighted by atomic mass is 16.5. The molecule has 1 aromatic carbocycles. The van der Waals surface area contributed by atoms with Crippen LogP contribution >= 0.6 is 0 Å². The van der Waals surface area contributed by atoms with Gasteiger partial charge in [-0.05, 0) is 55.0 Å². The number of carbonyl (C=O) groups excluding carboxylic acids is 1. The molecule has 1 atom stereocenters. The van der Waals surface area contributed by atoms with Gasteiger partial charge in [0, 0.05) is 30.4 Å². The molecule has 1 unspecified atom stereocenters. The van der Waals surface area contributed by atoms with Gasteiger partial charge in [0.25, 0.3) is 11.5 Å². The van der Waals surface area contributed by atoms with Gasteiger partial charge in [0.05, 0.1) is 12.6 Å². The minimum absolute atomic E-state index is 0.00477. The lowest BCUT2D eigenvalue weighted by molar-refractivity contribution is 0.0502. The number of hydrogen-bond donors (Lipinski definition) is 1. The summed E-state index contributed by atoms with van der Waals surface area (Å²) in [4.78, 5) is 34.5. The molecule has 6 heteroatoms. The normalized spacial score (nSPS) is 16.4. The van der Waals surface area contributed by atoms with Crippen molar-refractivity contribution < 1.29 is 9.53 Å². The Bertz CT molecular complexity index is 1040. The third-order valence-corrected chi connectivity index (χ3v) is 5.06. The topological polar surface area (TPSA) is 75.3 Å². The average molecular weight is 377 g/mol. The first-order chi connectivity index (χ1) is 13.6. The molecule has 1 aliphatic heterocycles. The maximum Gasteiger partial charge on any atom is 0.272 e. The van der Waals surface area contributed by atoms with E-state index in [9.17, 15) is 9.59 Å². The van der Waals surface area contributed by atoms with E-state index in [0.29, 0.717) is 24.4 Å². The maximum absolute atomic E-state index is 13.1. The molecular formula is C22H23N3O3. The highest BCUT2D eigenvalue weighted by Gasteiger charge is 2.25. The highest BCUT2D eigenvalue weighted by molar-refractivity contribution is 5.92. The van der Waals surface area contributed by atoms with Crippen molar-refractivity contribution in [1.29, 1.82) is 0 Å². The first-order valence-electron chi connectivity index (χ1n) is 9.54. The number of ether oxygens (including phenoxy) is 1. The van der Waals surface area contributed by atoms with E-state index in [1.165, 1.54) is 0 Å². The molecule has 0 aliphatic carbocycles. The van der Waals surface area contributed by atoms with Crippen LogP contribution in [0.2, 0.25) is 0 Å². The van der Waals surface area contributed by atoms with Gasteiger partial charge in [-0.3, -0.25) is 14.6 Å². The molecule has 0 spiro atoms. The van der Waals surface area contributed by atoms with Crippen LogP contribution in [0.25, 0.3) is 10.9 Å². The largest absolute Gasteiger partial charge is 0.376 e. The van der Waals surface area contributed by atoms with Crippen LogP contribution in [0.4, 0.5) is 0 Å².